The number of aliphatic hydroxyl groups is 1. The molecule has 1 unspecified atom stereocenters. The van der Waals surface area contributed by atoms with Crippen molar-refractivity contribution in [3.05, 3.63) is 46.5 Å². The van der Waals surface area contributed by atoms with Crippen LogP contribution in [0.3, 0.4) is 0 Å². The second kappa shape index (κ2) is 4.74. The summed E-state index contributed by atoms with van der Waals surface area (Å²) in [6.45, 7) is 3.95. The number of amides is 1. The maximum absolute atomic E-state index is 12.9. The minimum atomic E-state index is -1.47. The molecule has 0 saturated heterocycles. The Morgan fingerprint density at radius 2 is 1.58 bits per heavy atom. The van der Waals surface area contributed by atoms with E-state index >= 15 is 0 Å². The number of nitrogens with zero attached hydrogens (tertiary/aromatic N) is 1. The van der Waals surface area contributed by atoms with Crippen LogP contribution in [0, 0.1) is 0 Å². The van der Waals surface area contributed by atoms with Gasteiger partial charge in [0.05, 0.1) is 6.42 Å². The SMILES string of the molecule is CCCN1C(=O)c2ccc3c4c(ccc(c24)C1(C)O)C(=O)CC3=O. The Morgan fingerprint density at radius 3 is 2.21 bits per heavy atom. The minimum Gasteiger partial charge on any atom is -0.367 e. The quantitative estimate of drug-likeness (QED) is 0.862. The van der Waals surface area contributed by atoms with Crippen LogP contribution < -0.4 is 0 Å². The van der Waals surface area contributed by atoms with E-state index in [1.165, 1.54) is 4.90 Å². The Hall–Kier alpha value is -2.53. The van der Waals surface area contributed by atoms with Gasteiger partial charge in [0.25, 0.3) is 5.91 Å². The van der Waals surface area contributed by atoms with Crippen LogP contribution in [0.15, 0.2) is 24.3 Å². The van der Waals surface area contributed by atoms with Crippen LogP contribution >= 0.6 is 0 Å². The van der Waals surface area contributed by atoms with Crippen LogP contribution in [-0.2, 0) is 5.72 Å². The Labute approximate surface area is 138 Å². The molecule has 0 aromatic heterocycles. The summed E-state index contributed by atoms with van der Waals surface area (Å²) in [5, 5.41) is 12.1. The second-order valence-electron chi connectivity index (χ2n) is 6.57. The molecule has 5 heteroatoms. The number of ketones is 2. The standard InChI is InChI=1S/C19H17NO4/c1-3-8-20-18(23)12-5-4-10-14(21)9-15(22)11-6-7-13(19(20,2)24)17(12)16(10)11/h4-7,24H,3,8-9H2,1-2H3. The van der Waals surface area contributed by atoms with E-state index < -0.39 is 5.72 Å². The molecule has 0 bridgehead atoms. The van der Waals surface area contributed by atoms with E-state index in [1.54, 1.807) is 31.2 Å². The number of rotatable bonds is 2. The molecule has 1 heterocycles. The molecule has 5 nitrogen and oxygen atoms in total. The van der Waals surface area contributed by atoms with E-state index in [0.717, 1.165) is 0 Å². The summed E-state index contributed by atoms with van der Waals surface area (Å²) in [6, 6.07) is 6.63. The van der Waals surface area contributed by atoms with E-state index in [2.05, 4.69) is 0 Å². The fourth-order valence-electron chi connectivity index (χ4n) is 3.90. The fourth-order valence-corrected chi connectivity index (χ4v) is 3.90. The molecular weight excluding hydrogens is 306 g/mol. The van der Waals surface area contributed by atoms with Crippen LogP contribution in [0.4, 0.5) is 0 Å². The monoisotopic (exact) mass is 323 g/mol. The molecule has 122 valence electrons. The highest BCUT2D eigenvalue weighted by atomic mass is 16.3. The lowest BCUT2D eigenvalue weighted by Crippen LogP contribution is -2.50. The normalized spacial score (nSPS) is 22.5. The average Bonchev–Trinajstić information content (AvgIpc) is 2.54. The summed E-state index contributed by atoms with van der Waals surface area (Å²) < 4.78 is 0. The van der Waals surface area contributed by atoms with Crippen molar-refractivity contribution in [1.82, 2.24) is 4.90 Å². The first kappa shape index (κ1) is 15.0. The zero-order valence-corrected chi connectivity index (χ0v) is 13.5. The van der Waals surface area contributed by atoms with Gasteiger partial charge in [0, 0.05) is 39.6 Å². The summed E-state index contributed by atoms with van der Waals surface area (Å²) >= 11 is 0. The van der Waals surface area contributed by atoms with Gasteiger partial charge in [0.1, 0.15) is 0 Å². The zero-order valence-electron chi connectivity index (χ0n) is 13.5. The van der Waals surface area contributed by atoms with E-state index in [1.807, 2.05) is 6.92 Å². The fraction of sp³-hybridized carbons (Fsp3) is 0.316. The highest BCUT2D eigenvalue weighted by Crippen LogP contribution is 2.43. The Balaban J connectivity index is 2.14. The molecule has 2 aromatic rings. The van der Waals surface area contributed by atoms with Gasteiger partial charge in [-0.15, -0.1) is 0 Å². The predicted octanol–water partition coefficient (Wildman–Crippen LogP) is 2.64. The maximum Gasteiger partial charge on any atom is 0.257 e. The largest absolute Gasteiger partial charge is 0.367 e. The molecule has 1 N–H and O–H groups in total. The third-order valence-electron chi connectivity index (χ3n) is 5.04. The molecule has 0 fully saturated rings. The molecule has 4 rings (SSSR count). The van der Waals surface area contributed by atoms with Crippen molar-refractivity contribution in [3.8, 4) is 0 Å². The Kier molecular flexibility index (Phi) is 2.97. The second-order valence-corrected chi connectivity index (χ2v) is 6.57. The number of benzene rings is 2. The van der Waals surface area contributed by atoms with Crippen LogP contribution in [-0.4, -0.2) is 34.0 Å². The highest BCUT2D eigenvalue weighted by Gasteiger charge is 2.43. The number of hydrogen-bond donors (Lipinski definition) is 1. The summed E-state index contributed by atoms with van der Waals surface area (Å²) in [5.41, 5.74) is 0.443. The van der Waals surface area contributed by atoms with Crippen molar-refractivity contribution in [3.63, 3.8) is 0 Å². The Morgan fingerprint density at radius 1 is 1.00 bits per heavy atom. The number of hydrogen-bond acceptors (Lipinski definition) is 4. The smallest absolute Gasteiger partial charge is 0.257 e. The van der Waals surface area contributed by atoms with Crippen molar-refractivity contribution in [2.75, 3.05) is 6.54 Å². The van der Waals surface area contributed by atoms with Gasteiger partial charge in [-0.3, -0.25) is 14.4 Å². The van der Waals surface area contributed by atoms with Gasteiger partial charge in [-0.05, 0) is 25.5 Å². The van der Waals surface area contributed by atoms with Gasteiger partial charge < -0.3 is 10.0 Å². The van der Waals surface area contributed by atoms with Crippen molar-refractivity contribution >= 4 is 28.2 Å². The van der Waals surface area contributed by atoms with Gasteiger partial charge >= 0.3 is 0 Å². The van der Waals surface area contributed by atoms with Gasteiger partial charge in [0.2, 0.25) is 0 Å². The summed E-state index contributed by atoms with van der Waals surface area (Å²) in [7, 11) is 0. The third-order valence-corrected chi connectivity index (χ3v) is 5.04. The number of carbonyl (C=O) groups excluding carboxylic acids is 3. The first-order chi connectivity index (χ1) is 11.4. The lowest BCUT2D eigenvalue weighted by Gasteiger charge is -2.42. The van der Waals surface area contributed by atoms with Crippen LogP contribution in [0.1, 0.15) is 63.3 Å². The summed E-state index contributed by atoms with van der Waals surface area (Å²) in [4.78, 5) is 38.8. The molecule has 0 saturated carbocycles. The van der Waals surface area contributed by atoms with Crippen LogP contribution in [0.2, 0.25) is 0 Å². The molecule has 2 aliphatic rings. The van der Waals surface area contributed by atoms with Crippen molar-refractivity contribution in [2.24, 2.45) is 0 Å². The van der Waals surface area contributed by atoms with E-state index in [0.29, 0.717) is 46.0 Å². The van der Waals surface area contributed by atoms with E-state index in [9.17, 15) is 19.5 Å². The third kappa shape index (κ3) is 1.70. The minimum absolute atomic E-state index is 0.146. The number of Topliss-reactive ketones (excluding diaryl/α,β-unsaturated/α-hetero) is 2. The lowest BCUT2D eigenvalue weighted by molar-refractivity contribution is -0.0800. The molecule has 1 aliphatic heterocycles. The van der Waals surface area contributed by atoms with E-state index in [-0.39, 0.29) is 23.9 Å². The molecule has 1 amide bonds. The molecule has 24 heavy (non-hydrogen) atoms. The first-order valence-corrected chi connectivity index (χ1v) is 8.09. The Bertz CT molecular complexity index is 922. The van der Waals surface area contributed by atoms with E-state index in [4.69, 9.17) is 0 Å². The highest BCUT2D eigenvalue weighted by molar-refractivity contribution is 6.30. The maximum atomic E-state index is 12.9. The topological polar surface area (TPSA) is 74.7 Å². The molecule has 2 aromatic carbocycles. The van der Waals surface area contributed by atoms with Crippen molar-refractivity contribution in [2.45, 2.75) is 32.4 Å². The van der Waals surface area contributed by atoms with Gasteiger partial charge in [-0.1, -0.05) is 19.1 Å². The summed E-state index contributed by atoms with van der Waals surface area (Å²) in [5.74, 6) is -0.748. The van der Waals surface area contributed by atoms with Gasteiger partial charge in [-0.2, -0.15) is 0 Å². The summed E-state index contributed by atoms with van der Waals surface area (Å²) in [6.07, 6.45) is 0.570. The molecule has 1 atom stereocenters. The van der Waals surface area contributed by atoms with Crippen molar-refractivity contribution < 1.29 is 19.5 Å². The molecule has 1 aliphatic carbocycles. The first-order valence-electron chi connectivity index (χ1n) is 8.09. The van der Waals surface area contributed by atoms with Gasteiger partial charge in [0.15, 0.2) is 17.3 Å². The molecule has 0 radical (unpaired) electrons. The van der Waals surface area contributed by atoms with Gasteiger partial charge in [-0.25, -0.2) is 0 Å². The van der Waals surface area contributed by atoms with Crippen LogP contribution in [0.5, 0.6) is 0 Å². The molecule has 0 spiro atoms. The van der Waals surface area contributed by atoms with Crippen LogP contribution in [0.25, 0.3) is 10.8 Å². The molecular formula is C19H17NO4. The number of carbonyl (C=O) groups is 3. The predicted molar refractivity (Wildman–Crippen MR) is 88.1 cm³/mol. The zero-order chi connectivity index (χ0) is 17.2. The van der Waals surface area contributed by atoms with Crippen molar-refractivity contribution in [1.29, 1.82) is 0 Å². The average molecular weight is 323 g/mol. The lowest BCUT2D eigenvalue weighted by atomic mass is 9.79.